The molecule has 2 rings (SSSR count). The van der Waals surface area contributed by atoms with Gasteiger partial charge in [-0.1, -0.05) is 0 Å². The van der Waals surface area contributed by atoms with Crippen molar-refractivity contribution in [1.82, 2.24) is 14.5 Å². The van der Waals surface area contributed by atoms with Gasteiger partial charge in [0.2, 0.25) is 0 Å². The van der Waals surface area contributed by atoms with Crippen molar-refractivity contribution in [3.63, 3.8) is 0 Å². The molecule has 0 bridgehead atoms. The molecule has 0 fully saturated rings. The Bertz CT molecular complexity index is 580. The number of hydrogen-bond acceptors (Lipinski definition) is 5. The first-order valence-corrected chi connectivity index (χ1v) is 6.84. The summed E-state index contributed by atoms with van der Waals surface area (Å²) in [6.07, 6.45) is 2.28. The lowest BCUT2D eigenvalue weighted by Crippen LogP contribution is -2.08. The van der Waals surface area contributed by atoms with E-state index in [-0.39, 0.29) is 6.61 Å². The van der Waals surface area contributed by atoms with Crippen molar-refractivity contribution in [2.75, 3.05) is 32.2 Å². The number of aryl methyl sites for hydroxylation is 1. The monoisotopic (exact) mass is 278 g/mol. The van der Waals surface area contributed by atoms with Gasteiger partial charge in [0.05, 0.1) is 12.0 Å². The maximum atomic E-state index is 8.87. The van der Waals surface area contributed by atoms with E-state index in [1.165, 1.54) is 11.3 Å². The van der Waals surface area contributed by atoms with Crippen LogP contribution < -0.4 is 5.32 Å². The van der Waals surface area contributed by atoms with Gasteiger partial charge in [0.1, 0.15) is 17.8 Å². The van der Waals surface area contributed by atoms with Crippen LogP contribution in [-0.2, 0) is 11.3 Å². The third-order valence-corrected chi connectivity index (χ3v) is 3.55. The van der Waals surface area contributed by atoms with Crippen molar-refractivity contribution in [3.8, 4) is 0 Å². The minimum Gasteiger partial charge on any atom is -0.396 e. The summed E-state index contributed by atoms with van der Waals surface area (Å²) < 4.78 is 7.32. The minimum absolute atomic E-state index is 0.175. The van der Waals surface area contributed by atoms with Gasteiger partial charge in [0, 0.05) is 32.5 Å². The molecule has 2 N–H and O–H groups in total. The number of aliphatic hydroxyl groups excluding tert-OH is 1. The molecule has 6 heteroatoms. The van der Waals surface area contributed by atoms with Gasteiger partial charge in [-0.2, -0.15) is 0 Å². The molecule has 0 saturated heterocycles. The van der Waals surface area contributed by atoms with Crippen LogP contribution in [0.2, 0.25) is 0 Å². The summed E-state index contributed by atoms with van der Waals surface area (Å²) >= 11 is 0. The summed E-state index contributed by atoms with van der Waals surface area (Å²) in [5.41, 5.74) is 3.30. The van der Waals surface area contributed by atoms with Gasteiger partial charge in [-0.15, -0.1) is 0 Å². The molecule has 110 valence electrons. The minimum atomic E-state index is 0.175. The number of nitrogens with one attached hydrogen (secondary N) is 1. The molecule has 0 radical (unpaired) electrons. The molecule has 0 atom stereocenters. The van der Waals surface area contributed by atoms with E-state index in [1.807, 2.05) is 0 Å². The van der Waals surface area contributed by atoms with E-state index < -0.39 is 0 Å². The van der Waals surface area contributed by atoms with Crippen LogP contribution >= 0.6 is 0 Å². The van der Waals surface area contributed by atoms with Crippen molar-refractivity contribution in [1.29, 1.82) is 0 Å². The van der Waals surface area contributed by atoms with E-state index in [4.69, 9.17) is 9.84 Å². The molecule has 0 aliphatic rings. The fourth-order valence-corrected chi connectivity index (χ4v) is 2.34. The van der Waals surface area contributed by atoms with Crippen molar-refractivity contribution in [2.24, 2.45) is 0 Å². The van der Waals surface area contributed by atoms with E-state index >= 15 is 0 Å². The smallest absolute Gasteiger partial charge is 0.146 e. The molecule has 6 nitrogen and oxygen atoms in total. The zero-order chi connectivity index (χ0) is 14.5. The molecule has 0 aliphatic heterocycles. The number of anilines is 1. The van der Waals surface area contributed by atoms with Crippen LogP contribution in [0.25, 0.3) is 11.0 Å². The van der Waals surface area contributed by atoms with Gasteiger partial charge in [-0.3, -0.25) is 0 Å². The highest BCUT2D eigenvalue weighted by Gasteiger charge is 2.15. The summed E-state index contributed by atoms with van der Waals surface area (Å²) in [6, 6.07) is 0. The molecular formula is C14H22N4O2. The summed E-state index contributed by atoms with van der Waals surface area (Å²) in [6.45, 7) is 6.48. The summed E-state index contributed by atoms with van der Waals surface area (Å²) in [4.78, 5) is 8.74. The standard InChI is InChI=1S/C14H22N4O2/c1-10-11(2)18(6-8-20-3)14-12(10)13(16-9-17-14)15-5-4-7-19/h9,19H,4-8H2,1-3H3,(H,15,16,17). The Morgan fingerprint density at radius 1 is 1.35 bits per heavy atom. The van der Waals surface area contributed by atoms with Gasteiger partial charge in [0.25, 0.3) is 0 Å². The molecule has 20 heavy (non-hydrogen) atoms. The van der Waals surface area contributed by atoms with E-state index in [0.717, 1.165) is 23.4 Å². The predicted octanol–water partition coefficient (Wildman–Crippen LogP) is 1.49. The highest BCUT2D eigenvalue weighted by atomic mass is 16.5. The number of ether oxygens (including phenoxy) is 1. The van der Waals surface area contributed by atoms with Crippen molar-refractivity contribution >= 4 is 16.9 Å². The van der Waals surface area contributed by atoms with Crippen molar-refractivity contribution in [3.05, 3.63) is 17.6 Å². The van der Waals surface area contributed by atoms with Crippen LogP contribution in [0.3, 0.4) is 0 Å². The van der Waals surface area contributed by atoms with Gasteiger partial charge in [0.15, 0.2) is 0 Å². The van der Waals surface area contributed by atoms with Crippen LogP contribution in [0.4, 0.5) is 5.82 Å². The Hall–Kier alpha value is -1.66. The fourth-order valence-electron chi connectivity index (χ4n) is 2.34. The average Bonchev–Trinajstić information content (AvgIpc) is 2.70. The van der Waals surface area contributed by atoms with E-state index in [2.05, 4.69) is 33.7 Å². The molecule has 0 aliphatic carbocycles. The highest BCUT2D eigenvalue weighted by molar-refractivity contribution is 5.91. The quantitative estimate of drug-likeness (QED) is 0.751. The molecule has 0 spiro atoms. The second-order valence-electron chi connectivity index (χ2n) is 4.78. The summed E-state index contributed by atoms with van der Waals surface area (Å²) in [5.74, 6) is 0.834. The molecule has 0 amide bonds. The highest BCUT2D eigenvalue weighted by Crippen LogP contribution is 2.28. The molecule has 0 aromatic carbocycles. The number of rotatable bonds is 7. The molecule has 0 unspecified atom stereocenters. The second-order valence-corrected chi connectivity index (χ2v) is 4.78. The van der Waals surface area contributed by atoms with Crippen LogP contribution in [-0.4, -0.2) is 46.5 Å². The number of nitrogens with zero attached hydrogens (tertiary/aromatic N) is 3. The van der Waals surface area contributed by atoms with Crippen LogP contribution in [0, 0.1) is 13.8 Å². The fraction of sp³-hybridized carbons (Fsp3) is 0.571. The van der Waals surface area contributed by atoms with Gasteiger partial charge < -0.3 is 19.7 Å². The normalized spacial score (nSPS) is 11.2. The number of aromatic nitrogens is 3. The lowest BCUT2D eigenvalue weighted by atomic mass is 10.2. The van der Waals surface area contributed by atoms with Gasteiger partial charge >= 0.3 is 0 Å². The largest absolute Gasteiger partial charge is 0.396 e. The molecule has 2 aromatic heterocycles. The Morgan fingerprint density at radius 2 is 2.15 bits per heavy atom. The van der Waals surface area contributed by atoms with Crippen LogP contribution in [0.15, 0.2) is 6.33 Å². The van der Waals surface area contributed by atoms with Crippen LogP contribution in [0.5, 0.6) is 0 Å². The first-order chi connectivity index (χ1) is 9.70. The predicted molar refractivity (Wildman–Crippen MR) is 79.1 cm³/mol. The first-order valence-electron chi connectivity index (χ1n) is 6.84. The SMILES string of the molecule is COCCn1c(C)c(C)c2c(NCCCO)ncnc21. The average molecular weight is 278 g/mol. The second kappa shape index (κ2) is 6.67. The zero-order valence-corrected chi connectivity index (χ0v) is 12.3. The summed E-state index contributed by atoms with van der Waals surface area (Å²) in [7, 11) is 1.70. The van der Waals surface area contributed by atoms with E-state index in [9.17, 15) is 0 Å². The molecule has 2 aromatic rings. The van der Waals surface area contributed by atoms with Crippen molar-refractivity contribution < 1.29 is 9.84 Å². The van der Waals surface area contributed by atoms with Crippen molar-refractivity contribution in [2.45, 2.75) is 26.8 Å². The van der Waals surface area contributed by atoms with Gasteiger partial charge in [-0.05, 0) is 25.8 Å². The Kier molecular flexibility index (Phi) is 4.92. The molecule has 2 heterocycles. The first kappa shape index (κ1) is 14.7. The maximum absolute atomic E-state index is 8.87. The number of hydrogen-bond donors (Lipinski definition) is 2. The maximum Gasteiger partial charge on any atom is 0.146 e. The lowest BCUT2D eigenvalue weighted by molar-refractivity contribution is 0.187. The Balaban J connectivity index is 2.41. The molecule has 0 saturated carbocycles. The number of aliphatic hydroxyl groups is 1. The number of fused-ring (bicyclic) bond motifs is 1. The topological polar surface area (TPSA) is 72.2 Å². The van der Waals surface area contributed by atoms with E-state index in [0.29, 0.717) is 19.6 Å². The Labute approximate surface area is 118 Å². The third kappa shape index (κ3) is 2.76. The molecular weight excluding hydrogens is 256 g/mol. The third-order valence-electron chi connectivity index (χ3n) is 3.55. The summed E-state index contributed by atoms with van der Waals surface area (Å²) in [5, 5.41) is 13.2. The van der Waals surface area contributed by atoms with E-state index in [1.54, 1.807) is 13.4 Å². The lowest BCUT2D eigenvalue weighted by Gasteiger charge is -2.08. The Morgan fingerprint density at radius 3 is 2.85 bits per heavy atom. The van der Waals surface area contributed by atoms with Crippen LogP contribution in [0.1, 0.15) is 17.7 Å². The zero-order valence-electron chi connectivity index (χ0n) is 12.3. The number of methoxy groups -OCH3 is 1. The van der Waals surface area contributed by atoms with Gasteiger partial charge in [-0.25, -0.2) is 9.97 Å².